The zero-order valence-electron chi connectivity index (χ0n) is 18.2. The molecule has 0 spiro atoms. The number of carbonyl (C=O) groups is 2. The van der Waals surface area contributed by atoms with Gasteiger partial charge in [0.1, 0.15) is 24.1 Å². The first-order chi connectivity index (χ1) is 16.0. The van der Waals surface area contributed by atoms with Crippen LogP contribution in [0.5, 0.6) is 11.5 Å². The highest BCUT2D eigenvalue weighted by Crippen LogP contribution is 2.18. The average Bonchev–Trinajstić information content (AvgIpc) is 2.84. The Morgan fingerprint density at radius 3 is 2.33 bits per heavy atom. The number of carbonyl (C=O) groups excluding carboxylic acids is 2. The fourth-order valence-corrected chi connectivity index (χ4v) is 2.97. The molecule has 0 aromatic heterocycles. The smallest absolute Gasteiger partial charge is 0.262 e. The van der Waals surface area contributed by atoms with E-state index < -0.39 is 11.9 Å². The van der Waals surface area contributed by atoms with Crippen molar-refractivity contribution in [1.29, 1.82) is 0 Å². The number of hydrogen-bond acceptors (Lipinski definition) is 5. The second-order valence-corrected chi connectivity index (χ2v) is 7.51. The van der Waals surface area contributed by atoms with Gasteiger partial charge in [0.05, 0.1) is 13.3 Å². The zero-order valence-corrected chi connectivity index (χ0v) is 19.0. The Balaban J connectivity index is 1.46. The topological polar surface area (TPSA) is 89.0 Å². The van der Waals surface area contributed by atoms with E-state index in [4.69, 9.17) is 21.1 Å². The number of benzene rings is 3. The molecular formula is C25H24ClN3O4. The lowest BCUT2D eigenvalue weighted by Crippen LogP contribution is -2.43. The Hall–Kier alpha value is -3.84. The van der Waals surface area contributed by atoms with Gasteiger partial charge in [-0.25, -0.2) is 5.43 Å². The molecule has 0 aliphatic rings. The van der Waals surface area contributed by atoms with Crippen LogP contribution >= 0.6 is 11.6 Å². The summed E-state index contributed by atoms with van der Waals surface area (Å²) in [5.41, 5.74) is 4.53. The molecule has 33 heavy (non-hydrogen) atoms. The van der Waals surface area contributed by atoms with Crippen molar-refractivity contribution in [2.45, 2.75) is 19.6 Å². The lowest BCUT2D eigenvalue weighted by Gasteiger charge is -2.12. The van der Waals surface area contributed by atoms with Gasteiger partial charge in [0, 0.05) is 16.1 Å². The van der Waals surface area contributed by atoms with Gasteiger partial charge in [-0.05, 0) is 67.1 Å². The van der Waals surface area contributed by atoms with Gasteiger partial charge in [0.25, 0.3) is 11.8 Å². The van der Waals surface area contributed by atoms with Crippen LogP contribution in [0.2, 0.25) is 5.02 Å². The van der Waals surface area contributed by atoms with Crippen LogP contribution < -0.4 is 20.2 Å². The highest BCUT2D eigenvalue weighted by Gasteiger charge is 2.16. The minimum absolute atomic E-state index is 0.364. The first-order valence-electron chi connectivity index (χ1n) is 10.2. The lowest BCUT2D eigenvalue weighted by atomic mass is 10.2. The van der Waals surface area contributed by atoms with E-state index in [0.717, 1.165) is 11.1 Å². The van der Waals surface area contributed by atoms with Crippen molar-refractivity contribution in [3.63, 3.8) is 0 Å². The maximum atomic E-state index is 12.3. The van der Waals surface area contributed by atoms with Gasteiger partial charge in [-0.1, -0.05) is 29.8 Å². The van der Waals surface area contributed by atoms with Gasteiger partial charge in [0.2, 0.25) is 0 Å². The third kappa shape index (κ3) is 7.08. The Labute approximate surface area is 197 Å². The molecule has 0 bridgehead atoms. The minimum atomic E-state index is -0.766. The summed E-state index contributed by atoms with van der Waals surface area (Å²) in [7, 11) is 1.55. The summed E-state index contributed by atoms with van der Waals surface area (Å²) in [6, 6.07) is 20.6. The summed E-state index contributed by atoms with van der Waals surface area (Å²) < 4.78 is 10.8. The monoisotopic (exact) mass is 465 g/mol. The van der Waals surface area contributed by atoms with Crippen LogP contribution in [0, 0.1) is 0 Å². The second kappa shape index (κ2) is 11.7. The number of amides is 2. The zero-order chi connectivity index (χ0) is 23.6. The van der Waals surface area contributed by atoms with Crippen molar-refractivity contribution in [2.75, 3.05) is 7.11 Å². The fourth-order valence-electron chi connectivity index (χ4n) is 2.78. The van der Waals surface area contributed by atoms with Crippen LogP contribution in [0.4, 0.5) is 0 Å². The van der Waals surface area contributed by atoms with E-state index in [1.165, 1.54) is 6.21 Å². The Morgan fingerprint density at radius 1 is 1.00 bits per heavy atom. The van der Waals surface area contributed by atoms with Crippen LogP contribution in [-0.4, -0.2) is 31.2 Å². The summed E-state index contributed by atoms with van der Waals surface area (Å²) in [5, 5.41) is 7.24. The number of hydrogen-bond donors (Lipinski definition) is 2. The summed E-state index contributed by atoms with van der Waals surface area (Å²) >= 11 is 6.13. The van der Waals surface area contributed by atoms with Crippen LogP contribution in [0.15, 0.2) is 77.9 Å². The van der Waals surface area contributed by atoms with E-state index in [1.807, 2.05) is 36.4 Å². The van der Waals surface area contributed by atoms with Gasteiger partial charge >= 0.3 is 0 Å². The van der Waals surface area contributed by atoms with Gasteiger partial charge < -0.3 is 14.8 Å². The molecule has 1 atom stereocenters. The number of halogens is 1. The standard InChI is InChI=1S/C25H24ClN3O4/c1-17(28-25(31)19-9-13-21(32-2)14-10-19)24(30)29-27-15-18-7-11-22(12-8-18)33-16-20-5-3-4-6-23(20)26/h3-15,17H,16H2,1-2H3,(H,28,31)(H,29,30). The molecule has 2 N–H and O–H groups in total. The molecule has 0 heterocycles. The Morgan fingerprint density at radius 2 is 1.67 bits per heavy atom. The van der Waals surface area contributed by atoms with Gasteiger partial charge in [-0.3, -0.25) is 9.59 Å². The number of nitrogens with one attached hydrogen (secondary N) is 2. The average molecular weight is 466 g/mol. The maximum absolute atomic E-state index is 12.3. The van der Waals surface area contributed by atoms with Crippen LogP contribution in [0.3, 0.4) is 0 Å². The van der Waals surface area contributed by atoms with Crippen molar-refractivity contribution in [3.8, 4) is 11.5 Å². The van der Waals surface area contributed by atoms with Crippen molar-refractivity contribution < 1.29 is 19.1 Å². The van der Waals surface area contributed by atoms with Gasteiger partial charge in [-0.2, -0.15) is 5.10 Å². The first-order valence-corrected chi connectivity index (χ1v) is 10.6. The molecule has 0 aliphatic heterocycles. The number of methoxy groups -OCH3 is 1. The fraction of sp³-hybridized carbons (Fsp3) is 0.160. The second-order valence-electron chi connectivity index (χ2n) is 7.11. The SMILES string of the molecule is COc1ccc(C(=O)NC(C)C(=O)NN=Cc2ccc(OCc3ccccc3Cl)cc2)cc1. The minimum Gasteiger partial charge on any atom is -0.497 e. The summed E-state index contributed by atoms with van der Waals surface area (Å²) in [4.78, 5) is 24.5. The summed E-state index contributed by atoms with van der Waals surface area (Å²) in [6.45, 7) is 1.95. The Kier molecular flexibility index (Phi) is 8.43. The number of hydrazone groups is 1. The molecule has 2 amide bonds. The van der Waals surface area contributed by atoms with Crippen LogP contribution in [0.1, 0.15) is 28.4 Å². The van der Waals surface area contributed by atoms with Crippen LogP contribution in [-0.2, 0) is 11.4 Å². The molecule has 8 heteroatoms. The highest BCUT2D eigenvalue weighted by molar-refractivity contribution is 6.31. The molecule has 0 fully saturated rings. The molecule has 7 nitrogen and oxygen atoms in total. The van der Waals surface area contributed by atoms with Gasteiger partial charge in [-0.15, -0.1) is 0 Å². The third-order valence-electron chi connectivity index (χ3n) is 4.71. The lowest BCUT2D eigenvalue weighted by molar-refractivity contribution is -0.122. The van der Waals surface area contributed by atoms with Crippen molar-refractivity contribution in [1.82, 2.24) is 10.7 Å². The molecule has 3 rings (SSSR count). The van der Waals surface area contributed by atoms with E-state index >= 15 is 0 Å². The van der Waals surface area contributed by atoms with Gasteiger partial charge in [0.15, 0.2) is 0 Å². The molecule has 1 unspecified atom stereocenters. The quantitative estimate of drug-likeness (QED) is 0.366. The predicted octanol–water partition coefficient (Wildman–Crippen LogP) is 4.20. The van der Waals surface area contributed by atoms with E-state index in [2.05, 4.69) is 15.8 Å². The molecule has 0 saturated heterocycles. The third-order valence-corrected chi connectivity index (χ3v) is 5.08. The number of rotatable bonds is 9. The van der Waals surface area contributed by atoms with Crippen molar-refractivity contribution >= 4 is 29.6 Å². The molecule has 170 valence electrons. The predicted molar refractivity (Wildman–Crippen MR) is 128 cm³/mol. The van der Waals surface area contributed by atoms with E-state index in [0.29, 0.717) is 28.7 Å². The Bertz CT molecular complexity index is 1120. The molecule has 0 saturated carbocycles. The summed E-state index contributed by atoms with van der Waals surface area (Å²) in [5.74, 6) is 0.530. The van der Waals surface area contributed by atoms with E-state index in [1.54, 1.807) is 50.4 Å². The van der Waals surface area contributed by atoms with E-state index in [-0.39, 0.29) is 5.91 Å². The van der Waals surface area contributed by atoms with Crippen LogP contribution in [0.25, 0.3) is 0 Å². The molecule has 3 aromatic carbocycles. The van der Waals surface area contributed by atoms with E-state index in [9.17, 15) is 9.59 Å². The normalized spacial score (nSPS) is 11.6. The highest BCUT2D eigenvalue weighted by atomic mass is 35.5. The largest absolute Gasteiger partial charge is 0.497 e. The molecule has 3 aromatic rings. The molecule has 0 aliphatic carbocycles. The molecule has 0 radical (unpaired) electrons. The summed E-state index contributed by atoms with van der Waals surface area (Å²) in [6.07, 6.45) is 1.51. The number of ether oxygens (including phenoxy) is 2. The van der Waals surface area contributed by atoms with Crippen molar-refractivity contribution in [2.24, 2.45) is 5.10 Å². The van der Waals surface area contributed by atoms with Crippen molar-refractivity contribution in [3.05, 3.63) is 94.5 Å². The first kappa shape index (κ1) is 23.8. The maximum Gasteiger partial charge on any atom is 0.262 e. The molecular weight excluding hydrogens is 442 g/mol. The number of nitrogens with zero attached hydrogens (tertiary/aromatic N) is 1.